The summed E-state index contributed by atoms with van der Waals surface area (Å²) in [7, 11) is 1.54. The first kappa shape index (κ1) is 15.1. The first-order valence-corrected chi connectivity index (χ1v) is 6.72. The Morgan fingerprint density at radius 1 is 1.55 bits per heavy atom. The van der Waals surface area contributed by atoms with Gasteiger partial charge in [-0.05, 0) is 19.0 Å². The van der Waals surface area contributed by atoms with Crippen molar-refractivity contribution in [1.29, 1.82) is 0 Å². The maximum atomic E-state index is 14.1. The average molecular weight is 286 g/mol. The third-order valence-electron chi connectivity index (χ3n) is 3.43. The van der Waals surface area contributed by atoms with Crippen LogP contribution in [-0.2, 0) is 11.3 Å². The number of piperidine rings is 1. The van der Waals surface area contributed by atoms with Gasteiger partial charge in [-0.3, -0.25) is 4.90 Å². The van der Waals surface area contributed by atoms with Gasteiger partial charge in [0.2, 0.25) is 0 Å². The molecule has 0 aliphatic carbocycles. The predicted molar refractivity (Wildman–Crippen MR) is 71.8 cm³/mol. The molecule has 1 aromatic rings. The molecule has 1 atom stereocenters. The van der Waals surface area contributed by atoms with Gasteiger partial charge in [-0.15, -0.1) is 0 Å². The molecule has 5 nitrogen and oxygen atoms in total. The topological polar surface area (TPSA) is 50.3 Å². The van der Waals surface area contributed by atoms with Crippen LogP contribution in [0.4, 0.5) is 14.6 Å². The lowest BCUT2D eigenvalue weighted by molar-refractivity contribution is -0.0725. The molecule has 2 heterocycles. The molecule has 0 amide bonds. The van der Waals surface area contributed by atoms with E-state index in [1.165, 1.54) is 7.11 Å². The Labute approximate surface area is 117 Å². The highest BCUT2D eigenvalue weighted by Crippen LogP contribution is 2.29. The van der Waals surface area contributed by atoms with E-state index >= 15 is 0 Å². The Kier molecular flexibility index (Phi) is 4.82. The molecule has 0 saturated carbocycles. The number of nitrogens with zero attached hydrogens (tertiary/aromatic N) is 3. The van der Waals surface area contributed by atoms with Crippen molar-refractivity contribution >= 4 is 5.82 Å². The molecule has 1 aromatic heterocycles. The van der Waals surface area contributed by atoms with Crippen LogP contribution in [0.2, 0.25) is 0 Å². The second-order valence-electron chi connectivity index (χ2n) is 4.91. The summed E-state index contributed by atoms with van der Waals surface area (Å²) in [5.41, 5.74) is 0. The van der Waals surface area contributed by atoms with Crippen molar-refractivity contribution in [2.75, 3.05) is 32.1 Å². The van der Waals surface area contributed by atoms with Crippen LogP contribution in [-0.4, -0.2) is 53.6 Å². The number of nitrogens with one attached hydrogen (secondary N) is 1. The molecule has 0 radical (unpaired) electrons. The van der Waals surface area contributed by atoms with E-state index < -0.39 is 12.0 Å². The summed E-state index contributed by atoms with van der Waals surface area (Å²) < 4.78 is 33.1. The quantitative estimate of drug-likeness (QED) is 0.894. The number of rotatable bonds is 5. The number of aromatic nitrogens is 2. The van der Waals surface area contributed by atoms with E-state index in [-0.39, 0.29) is 13.2 Å². The van der Waals surface area contributed by atoms with Crippen LogP contribution in [0.5, 0.6) is 0 Å². The zero-order chi connectivity index (χ0) is 14.6. The van der Waals surface area contributed by atoms with E-state index in [1.54, 1.807) is 17.2 Å². The van der Waals surface area contributed by atoms with Crippen LogP contribution in [0, 0.1) is 0 Å². The van der Waals surface area contributed by atoms with Gasteiger partial charge in [0.15, 0.2) is 5.82 Å². The monoisotopic (exact) mass is 286 g/mol. The van der Waals surface area contributed by atoms with Crippen molar-refractivity contribution in [2.24, 2.45) is 0 Å². The van der Waals surface area contributed by atoms with Gasteiger partial charge in [0.25, 0.3) is 5.92 Å². The summed E-state index contributed by atoms with van der Waals surface area (Å²) in [6.07, 6.45) is 1.94. The minimum absolute atomic E-state index is 0.211. The van der Waals surface area contributed by atoms with Crippen molar-refractivity contribution in [3.8, 4) is 0 Å². The fraction of sp³-hybridized carbons (Fsp3) is 0.692. The summed E-state index contributed by atoms with van der Waals surface area (Å²) in [6.45, 7) is 3.26. The number of methoxy groups -OCH3 is 1. The minimum atomic E-state index is -2.76. The standard InChI is InChI=1S/C13H20F2N4O/c1-3-19-7-5-10(13(14,15)9-19)17-11-4-6-16-12(18-11)8-20-2/h4,6,10H,3,5,7-9H2,1-2H3,(H,16,17,18). The number of hydrogen-bond acceptors (Lipinski definition) is 5. The first-order valence-electron chi connectivity index (χ1n) is 6.72. The smallest absolute Gasteiger partial charge is 0.280 e. The first-order chi connectivity index (χ1) is 9.55. The number of halogens is 2. The van der Waals surface area contributed by atoms with Crippen LogP contribution in [0.15, 0.2) is 12.3 Å². The van der Waals surface area contributed by atoms with Crippen molar-refractivity contribution in [2.45, 2.75) is 31.9 Å². The van der Waals surface area contributed by atoms with Gasteiger partial charge in [-0.1, -0.05) is 6.92 Å². The second-order valence-corrected chi connectivity index (χ2v) is 4.91. The van der Waals surface area contributed by atoms with E-state index in [4.69, 9.17) is 4.74 Å². The van der Waals surface area contributed by atoms with Crippen LogP contribution < -0.4 is 5.32 Å². The maximum absolute atomic E-state index is 14.1. The van der Waals surface area contributed by atoms with E-state index in [2.05, 4.69) is 15.3 Å². The Bertz CT molecular complexity index is 444. The zero-order valence-corrected chi connectivity index (χ0v) is 11.8. The van der Waals surface area contributed by atoms with Crippen LogP contribution in [0.3, 0.4) is 0 Å². The molecule has 1 aliphatic heterocycles. The zero-order valence-electron chi connectivity index (χ0n) is 11.8. The molecule has 0 aromatic carbocycles. The SMILES string of the molecule is CCN1CCC(Nc2ccnc(COC)n2)C(F)(F)C1. The molecular weight excluding hydrogens is 266 g/mol. The highest BCUT2D eigenvalue weighted by atomic mass is 19.3. The summed E-state index contributed by atoms with van der Waals surface area (Å²) in [4.78, 5) is 9.94. The lowest BCUT2D eigenvalue weighted by Crippen LogP contribution is -2.54. The number of hydrogen-bond donors (Lipinski definition) is 1. The van der Waals surface area contributed by atoms with Crippen molar-refractivity contribution in [1.82, 2.24) is 14.9 Å². The average Bonchev–Trinajstić information content (AvgIpc) is 2.41. The molecular formula is C13H20F2N4O. The fourth-order valence-corrected chi connectivity index (χ4v) is 2.31. The molecule has 1 fully saturated rings. The van der Waals surface area contributed by atoms with Gasteiger partial charge < -0.3 is 10.1 Å². The summed E-state index contributed by atoms with van der Waals surface area (Å²) in [6, 6.07) is 0.706. The molecule has 112 valence electrons. The molecule has 1 N–H and O–H groups in total. The fourth-order valence-electron chi connectivity index (χ4n) is 2.31. The van der Waals surface area contributed by atoms with Gasteiger partial charge in [-0.25, -0.2) is 18.7 Å². The van der Waals surface area contributed by atoms with Crippen LogP contribution in [0.25, 0.3) is 0 Å². The van der Waals surface area contributed by atoms with Gasteiger partial charge in [-0.2, -0.15) is 0 Å². The second kappa shape index (κ2) is 6.41. The summed E-state index contributed by atoms with van der Waals surface area (Å²) in [5, 5.41) is 2.83. The van der Waals surface area contributed by atoms with Crippen LogP contribution >= 0.6 is 0 Å². The molecule has 1 aliphatic rings. The Balaban J connectivity index is 2.04. The number of anilines is 1. The van der Waals surface area contributed by atoms with Gasteiger partial charge in [0.05, 0.1) is 12.6 Å². The van der Waals surface area contributed by atoms with Gasteiger partial charge in [0.1, 0.15) is 12.4 Å². The molecule has 1 unspecified atom stereocenters. The summed E-state index contributed by atoms with van der Waals surface area (Å²) >= 11 is 0. The summed E-state index contributed by atoms with van der Waals surface area (Å²) in [5.74, 6) is -1.87. The van der Waals surface area contributed by atoms with Crippen LogP contribution in [0.1, 0.15) is 19.2 Å². The molecule has 2 rings (SSSR count). The number of likely N-dealkylation sites (tertiary alicyclic amines) is 1. The molecule has 0 bridgehead atoms. The molecule has 1 saturated heterocycles. The maximum Gasteiger partial charge on any atom is 0.280 e. The third kappa shape index (κ3) is 3.61. The highest BCUT2D eigenvalue weighted by Gasteiger charge is 2.44. The van der Waals surface area contributed by atoms with E-state index in [0.29, 0.717) is 31.2 Å². The van der Waals surface area contributed by atoms with Gasteiger partial charge in [0, 0.05) is 19.9 Å². The Hall–Kier alpha value is -1.34. The lowest BCUT2D eigenvalue weighted by Gasteiger charge is -2.38. The highest BCUT2D eigenvalue weighted by molar-refractivity contribution is 5.35. The van der Waals surface area contributed by atoms with E-state index in [9.17, 15) is 8.78 Å². The normalized spacial score (nSPS) is 22.7. The molecule has 7 heteroatoms. The van der Waals surface area contributed by atoms with Crippen molar-refractivity contribution < 1.29 is 13.5 Å². The van der Waals surface area contributed by atoms with E-state index in [1.807, 2.05) is 6.92 Å². The van der Waals surface area contributed by atoms with Gasteiger partial charge >= 0.3 is 0 Å². The molecule has 20 heavy (non-hydrogen) atoms. The Morgan fingerprint density at radius 3 is 3.00 bits per heavy atom. The number of ether oxygens (including phenoxy) is 1. The Morgan fingerprint density at radius 2 is 2.35 bits per heavy atom. The molecule has 0 spiro atoms. The number of alkyl halides is 2. The van der Waals surface area contributed by atoms with Crippen molar-refractivity contribution in [3.05, 3.63) is 18.1 Å². The third-order valence-corrected chi connectivity index (χ3v) is 3.43. The van der Waals surface area contributed by atoms with E-state index in [0.717, 1.165) is 0 Å². The lowest BCUT2D eigenvalue weighted by atomic mass is 10.0. The largest absolute Gasteiger partial charge is 0.377 e. The van der Waals surface area contributed by atoms with Crippen molar-refractivity contribution in [3.63, 3.8) is 0 Å². The minimum Gasteiger partial charge on any atom is -0.377 e. The predicted octanol–water partition coefficient (Wildman–Crippen LogP) is 1.76.